The fourth-order valence-electron chi connectivity index (χ4n) is 2.45. The standard InChI is InChI=1S/C18H17N3O2/c1-11-7-17(14-5-3-4-6-16(14)21-11)20-9-15-13(10-22)8-19-12(2)18(15)23/h3-9,22-23H,10H2,1-2H3. The van der Waals surface area contributed by atoms with Crippen molar-refractivity contribution in [2.75, 3.05) is 0 Å². The minimum atomic E-state index is -0.210. The lowest BCUT2D eigenvalue weighted by molar-refractivity contribution is 0.280. The Kier molecular flexibility index (Phi) is 4.04. The number of aromatic hydroxyl groups is 1. The molecular weight excluding hydrogens is 290 g/mol. The minimum Gasteiger partial charge on any atom is -0.505 e. The molecule has 3 rings (SSSR count). The van der Waals surface area contributed by atoms with Crippen molar-refractivity contribution in [2.24, 2.45) is 4.99 Å². The van der Waals surface area contributed by atoms with E-state index >= 15 is 0 Å². The first-order valence-corrected chi connectivity index (χ1v) is 7.29. The number of hydrogen-bond donors (Lipinski definition) is 2. The Balaban J connectivity index is 2.13. The van der Waals surface area contributed by atoms with Crippen LogP contribution in [0.2, 0.25) is 0 Å². The Morgan fingerprint density at radius 1 is 1.22 bits per heavy atom. The second-order valence-electron chi connectivity index (χ2n) is 5.35. The van der Waals surface area contributed by atoms with Crippen molar-refractivity contribution in [1.82, 2.24) is 9.97 Å². The highest BCUT2D eigenvalue weighted by Gasteiger charge is 2.10. The third-order valence-electron chi connectivity index (χ3n) is 3.68. The summed E-state index contributed by atoms with van der Waals surface area (Å²) in [5.74, 6) is 0.0374. The Morgan fingerprint density at radius 3 is 2.78 bits per heavy atom. The van der Waals surface area contributed by atoms with Crippen molar-refractivity contribution in [2.45, 2.75) is 20.5 Å². The molecule has 23 heavy (non-hydrogen) atoms. The Hall–Kier alpha value is -2.79. The number of para-hydroxylation sites is 1. The molecule has 0 aliphatic rings. The average Bonchev–Trinajstić information content (AvgIpc) is 2.55. The van der Waals surface area contributed by atoms with E-state index in [0.717, 1.165) is 22.3 Å². The SMILES string of the molecule is Cc1cc(N=Cc2c(CO)cnc(C)c2O)c2ccccc2n1. The highest BCUT2D eigenvalue weighted by atomic mass is 16.3. The molecule has 5 heteroatoms. The van der Waals surface area contributed by atoms with Crippen molar-refractivity contribution in [1.29, 1.82) is 0 Å². The van der Waals surface area contributed by atoms with Crippen LogP contribution in [0.5, 0.6) is 5.75 Å². The number of hydrogen-bond acceptors (Lipinski definition) is 5. The normalized spacial score (nSPS) is 11.4. The fraction of sp³-hybridized carbons (Fsp3) is 0.167. The first-order valence-electron chi connectivity index (χ1n) is 7.29. The molecule has 2 aromatic heterocycles. The van der Waals surface area contributed by atoms with Gasteiger partial charge in [-0.05, 0) is 26.0 Å². The highest BCUT2D eigenvalue weighted by Crippen LogP contribution is 2.27. The van der Waals surface area contributed by atoms with E-state index in [4.69, 9.17) is 0 Å². The largest absolute Gasteiger partial charge is 0.505 e. The number of aliphatic imine (C=N–C) groups is 1. The number of aliphatic hydroxyl groups is 1. The van der Waals surface area contributed by atoms with Gasteiger partial charge in [0.25, 0.3) is 0 Å². The number of rotatable bonds is 3. The molecule has 116 valence electrons. The van der Waals surface area contributed by atoms with Gasteiger partial charge in [-0.15, -0.1) is 0 Å². The second kappa shape index (κ2) is 6.14. The molecule has 0 unspecified atom stereocenters. The summed E-state index contributed by atoms with van der Waals surface area (Å²) in [5.41, 5.74) is 4.03. The van der Waals surface area contributed by atoms with Gasteiger partial charge in [0.05, 0.1) is 23.5 Å². The van der Waals surface area contributed by atoms with Gasteiger partial charge in [0.1, 0.15) is 5.75 Å². The summed E-state index contributed by atoms with van der Waals surface area (Å²) in [4.78, 5) is 13.0. The van der Waals surface area contributed by atoms with Gasteiger partial charge < -0.3 is 10.2 Å². The molecule has 0 saturated carbocycles. The molecule has 0 saturated heterocycles. The van der Waals surface area contributed by atoms with E-state index in [2.05, 4.69) is 15.0 Å². The van der Waals surface area contributed by atoms with E-state index in [1.165, 1.54) is 0 Å². The molecule has 0 aliphatic carbocycles. The van der Waals surface area contributed by atoms with Crippen molar-refractivity contribution in [3.63, 3.8) is 0 Å². The van der Waals surface area contributed by atoms with E-state index in [1.54, 1.807) is 19.3 Å². The molecule has 3 aromatic rings. The van der Waals surface area contributed by atoms with Crippen molar-refractivity contribution in [3.05, 3.63) is 59.0 Å². The molecule has 5 nitrogen and oxygen atoms in total. The van der Waals surface area contributed by atoms with Gasteiger partial charge in [0.2, 0.25) is 0 Å². The Bertz CT molecular complexity index is 904. The molecular formula is C18H17N3O2. The van der Waals surface area contributed by atoms with Crippen molar-refractivity contribution >= 4 is 22.8 Å². The zero-order valence-corrected chi connectivity index (χ0v) is 13.0. The maximum atomic E-state index is 10.2. The summed E-state index contributed by atoms with van der Waals surface area (Å²) < 4.78 is 0. The lowest BCUT2D eigenvalue weighted by Gasteiger charge is -2.08. The van der Waals surface area contributed by atoms with Crippen LogP contribution < -0.4 is 0 Å². The molecule has 0 amide bonds. The van der Waals surface area contributed by atoms with Gasteiger partial charge in [0, 0.05) is 34.6 Å². The van der Waals surface area contributed by atoms with Crippen LogP contribution in [0.3, 0.4) is 0 Å². The molecule has 1 aromatic carbocycles. The average molecular weight is 307 g/mol. The second-order valence-corrected chi connectivity index (χ2v) is 5.35. The number of aromatic nitrogens is 2. The molecule has 2 N–H and O–H groups in total. The molecule has 0 aliphatic heterocycles. The predicted octanol–water partition coefficient (Wildman–Crippen LogP) is 3.20. The van der Waals surface area contributed by atoms with Gasteiger partial charge in [-0.1, -0.05) is 18.2 Å². The summed E-state index contributed by atoms with van der Waals surface area (Å²) >= 11 is 0. The maximum Gasteiger partial charge on any atom is 0.145 e. The fourth-order valence-corrected chi connectivity index (χ4v) is 2.45. The number of pyridine rings is 2. The van der Waals surface area contributed by atoms with E-state index in [1.807, 2.05) is 37.3 Å². The van der Waals surface area contributed by atoms with Crippen molar-refractivity contribution in [3.8, 4) is 5.75 Å². The minimum absolute atomic E-state index is 0.0374. The molecule has 0 atom stereocenters. The molecule has 0 bridgehead atoms. The van der Waals surface area contributed by atoms with Crippen LogP contribution in [0.1, 0.15) is 22.5 Å². The van der Waals surface area contributed by atoms with Crippen LogP contribution in [-0.4, -0.2) is 26.4 Å². The van der Waals surface area contributed by atoms with Gasteiger partial charge in [-0.25, -0.2) is 0 Å². The third kappa shape index (κ3) is 2.91. The zero-order chi connectivity index (χ0) is 16.4. The number of benzene rings is 1. The van der Waals surface area contributed by atoms with Crippen LogP contribution >= 0.6 is 0 Å². The van der Waals surface area contributed by atoms with Crippen LogP contribution in [0, 0.1) is 13.8 Å². The van der Waals surface area contributed by atoms with Gasteiger partial charge in [-0.3, -0.25) is 15.0 Å². The lowest BCUT2D eigenvalue weighted by Crippen LogP contribution is -1.97. The van der Waals surface area contributed by atoms with Gasteiger partial charge >= 0.3 is 0 Å². The number of fused-ring (bicyclic) bond motifs is 1. The Labute approximate surface area is 134 Å². The molecule has 0 radical (unpaired) electrons. The number of aliphatic hydroxyl groups excluding tert-OH is 1. The zero-order valence-electron chi connectivity index (χ0n) is 13.0. The van der Waals surface area contributed by atoms with Crippen LogP contribution in [-0.2, 0) is 6.61 Å². The monoisotopic (exact) mass is 307 g/mol. The summed E-state index contributed by atoms with van der Waals surface area (Å²) in [6, 6.07) is 9.66. The van der Waals surface area contributed by atoms with Crippen LogP contribution in [0.15, 0.2) is 41.5 Å². The van der Waals surface area contributed by atoms with E-state index in [9.17, 15) is 10.2 Å². The topological polar surface area (TPSA) is 78.6 Å². The first kappa shape index (κ1) is 15.1. The highest BCUT2D eigenvalue weighted by molar-refractivity contribution is 5.94. The van der Waals surface area contributed by atoms with E-state index in [0.29, 0.717) is 16.8 Å². The van der Waals surface area contributed by atoms with E-state index in [-0.39, 0.29) is 12.4 Å². The number of nitrogens with zero attached hydrogens (tertiary/aromatic N) is 3. The van der Waals surface area contributed by atoms with Crippen molar-refractivity contribution < 1.29 is 10.2 Å². The molecule has 2 heterocycles. The summed E-state index contributed by atoms with van der Waals surface area (Å²) in [5, 5.41) is 20.5. The molecule has 0 fully saturated rings. The quantitative estimate of drug-likeness (QED) is 0.728. The van der Waals surface area contributed by atoms with Gasteiger partial charge in [0.15, 0.2) is 0 Å². The third-order valence-corrected chi connectivity index (χ3v) is 3.68. The smallest absolute Gasteiger partial charge is 0.145 e. The summed E-state index contributed by atoms with van der Waals surface area (Å²) in [6.07, 6.45) is 3.11. The maximum absolute atomic E-state index is 10.2. The van der Waals surface area contributed by atoms with Gasteiger partial charge in [-0.2, -0.15) is 0 Å². The lowest BCUT2D eigenvalue weighted by atomic mass is 10.1. The number of aryl methyl sites for hydroxylation is 2. The summed E-state index contributed by atoms with van der Waals surface area (Å²) in [7, 11) is 0. The summed E-state index contributed by atoms with van der Waals surface area (Å²) in [6.45, 7) is 3.41. The van der Waals surface area contributed by atoms with Crippen LogP contribution in [0.4, 0.5) is 5.69 Å². The van der Waals surface area contributed by atoms with E-state index < -0.39 is 0 Å². The molecule has 0 spiro atoms. The van der Waals surface area contributed by atoms with Crippen LogP contribution in [0.25, 0.3) is 10.9 Å². The first-order chi connectivity index (χ1) is 11.1. The predicted molar refractivity (Wildman–Crippen MR) is 90.3 cm³/mol. The Morgan fingerprint density at radius 2 is 2.00 bits per heavy atom.